The van der Waals surface area contributed by atoms with Crippen molar-refractivity contribution in [3.63, 3.8) is 0 Å². The molecule has 0 radical (unpaired) electrons. The molecule has 6 heteroatoms. The first-order chi connectivity index (χ1) is 14.2. The summed E-state index contributed by atoms with van der Waals surface area (Å²) in [5.74, 6) is 0.787. The van der Waals surface area contributed by atoms with Crippen LogP contribution in [-0.4, -0.2) is 24.0 Å². The number of furan rings is 1. The first kappa shape index (κ1) is 17.8. The Kier molecular flexibility index (Phi) is 4.27. The van der Waals surface area contributed by atoms with E-state index in [9.17, 15) is 9.59 Å². The van der Waals surface area contributed by atoms with Gasteiger partial charge in [0.2, 0.25) is 5.91 Å². The summed E-state index contributed by atoms with van der Waals surface area (Å²) in [5.41, 5.74) is 1.93. The molecule has 5 rings (SSSR count). The topological polar surface area (TPSA) is 72.9 Å². The van der Waals surface area contributed by atoms with Crippen LogP contribution in [0.1, 0.15) is 31.7 Å². The van der Waals surface area contributed by atoms with Crippen molar-refractivity contribution in [2.45, 2.75) is 32.7 Å². The molecule has 0 unspecified atom stereocenters. The summed E-state index contributed by atoms with van der Waals surface area (Å²) in [6, 6.07) is 11.0. The van der Waals surface area contributed by atoms with Crippen LogP contribution in [0.5, 0.6) is 5.75 Å². The van der Waals surface area contributed by atoms with Gasteiger partial charge in [0.1, 0.15) is 22.3 Å². The number of nitrogens with zero attached hydrogens (tertiary/aromatic N) is 1. The molecule has 148 valence electrons. The minimum atomic E-state index is -0.447. The van der Waals surface area contributed by atoms with Crippen molar-refractivity contribution in [3.05, 3.63) is 52.4 Å². The molecular weight excluding hydrogens is 370 g/mol. The van der Waals surface area contributed by atoms with E-state index in [0.29, 0.717) is 59.4 Å². The number of piperidine rings is 1. The first-order valence-electron chi connectivity index (χ1n) is 9.98. The molecule has 1 amide bonds. The van der Waals surface area contributed by atoms with Crippen LogP contribution in [0.25, 0.3) is 32.9 Å². The zero-order valence-electron chi connectivity index (χ0n) is 16.2. The fourth-order valence-corrected chi connectivity index (χ4v) is 4.19. The number of likely N-dealkylation sites (tertiary alicyclic amines) is 1. The standard InChI is InChI=1S/C23H21NO5/c1-2-27-16-10-11-18-20(15(16)13-24-12-6-5-9-19(24)25)21-22(28-18)14-7-3-4-8-17(14)29-23(21)26/h3-4,7-8,10-11H,2,5-6,9,12-13H2,1H3. The second-order valence-electron chi connectivity index (χ2n) is 7.31. The van der Waals surface area contributed by atoms with Crippen molar-refractivity contribution in [1.82, 2.24) is 4.90 Å². The second kappa shape index (κ2) is 6.95. The van der Waals surface area contributed by atoms with Crippen molar-refractivity contribution >= 4 is 38.8 Å². The van der Waals surface area contributed by atoms with Crippen LogP contribution in [-0.2, 0) is 11.3 Å². The highest BCUT2D eigenvalue weighted by atomic mass is 16.5. The van der Waals surface area contributed by atoms with Gasteiger partial charge in [-0.1, -0.05) is 12.1 Å². The van der Waals surface area contributed by atoms with Gasteiger partial charge < -0.3 is 18.5 Å². The van der Waals surface area contributed by atoms with Crippen LogP contribution < -0.4 is 10.4 Å². The van der Waals surface area contributed by atoms with E-state index in [1.807, 2.05) is 42.2 Å². The van der Waals surface area contributed by atoms with Crippen molar-refractivity contribution in [1.29, 1.82) is 0 Å². The average Bonchev–Trinajstić information content (AvgIpc) is 3.12. The second-order valence-corrected chi connectivity index (χ2v) is 7.31. The summed E-state index contributed by atoms with van der Waals surface area (Å²) in [6.07, 6.45) is 2.45. The molecule has 0 spiro atoms. The number of benzene rings is 2. The fourth-order valence-electron chi connectivity index (χ4n) is 4.19. The van der Waals surface area contributed by atoms with E-state index >= 15 is 0 Å². The molecule has 0 saturated carbocycles. The Bertz CT molecular complexity index is 1300. The van der Waals surface area contributed by atoms with Gasteiger partial charge in [0.05, 0.1) is 18.5 Å². The van der Waals surface area contributed by atoms with E-state index in [1.54, 1.807) is 6.07 Å². The minimum Gasteiger partial charge on any atom is -0.493 e. The van der Waals surface area contributed by atoms with Crippen LogP contribution in [0.15, 0.2) is 50.0 Å². The molecular formula is C23H21NO5. The van der Waals surface area contributed by atoms with Gasteiger partial charge in [0, 0.05) is 23.9 Å². The molecule has 0 atom stereocenters. The summed E-state index contributed by atoms with van der Waals surface area (Å²) >= 11 is 0. The maximum absolute atomic E-state index is 12.9. The molecule has 2 aromatic heterocycles. The number of rotatable bonds is 4. The summed E-state index contributed by atoms with van der Waals surface area (Å²) in [5, 5.41) is 1.82. The zero-order chi connectivity index (χ0) is 20.0. The van der Waals surface area contributed by atoms with Crippen molar-refractivity contribution in [3.8, 4) is 5.75 Å². The number of carbonyl (C=O) groups is 1. The number of ether oxygens (including phenoxy) is 1. The molecule has 4 aromatic rings. The summed E-state index contributed by atoms with van der Waals surface area (Å²) < 4.78 is 17.5. The Balaban J connectivity index is 1.81. The molecule has 1 fully saturated rings. The zero-order valence-corrected chi connectivity index (χ0v) is 16.2. The van der Waals surface area contributed by atoms with Gasteiger partial charge in [0.15, 0.2) is 5.58 Å². The third-order valence-corrected chi connectivity index (χ3v) is 5.53. The lowest BCUT2D eigenvalue weighted by Crippen LogP contribution is -2.34. The smallest absolute Gasteiger partial charge is 0.348 e. The lowest BCUT2D eigenvalue weighted by Gasteiger charge is -2.27. The molecule has 1 saturated heterocycles. The number of fused-ring (bicyclic) bond motifs is 5. The van der Waals surface area contributed by atoms with Gasteiger partial charge in [-0.25, -0.2) is 4.79 Å². The van der Waals surface area contributed by atoms with Gasteiger partial charge in [0.25, 0.3) is 0 Å². The molecule has 0 aliphatic carbocycles. The van der Waals surface area contributed by atoms with E-state index in [2.05, 4.69) is 0 Å². The highest BCUT2D eigenvalue weighted by Gasteiger charge is 2.25. The van der Waals surface area contributed by atoms with E-state index in [1.165, 1.54) is 0 Å². The van der Waals surface area contributed by atoms with Crippen molar-refractivity contribution in [2.24, 2.45) is 0 Å². The van der Waals surface area contributed by atoms with Crippen LogP contribution in [0.4, 0.5) is 0 Å². The summed E-state index contributed by atoms with van der Waals surface area (Å²) in [4.78, 5) is 27.2. The van der Waals surface area contributed by atoms with E-state index < -0.39 is 5.63 Å². The van der Waals surface area contributed by atoms with Crippen LogP contribution in [0.3, 0.4) is 0 Å². The van der Waals surface area contributed by atoms with Gasteiger partial charge in [-0.15, -0.1) is 0 Å². The van der Waals surface area contributed by atoms with Crippen molar-refractivity contribution < 1.29 is 18.4 Å². The molecule has 0 bridgehead atoms. The molecule has 1 aliphatic heterocycles. The summed E-state index contributed by atoms with van der Waals surface area (Å²) in [6.45, 7) is 3.48. The Morgan fingerprint density at radius 1 is 1.00 bits per heavy atom. The van der Waals surface area contributed by atoms with E-state index in [-0.39, 0.29) is 5.91 Å². The SMILES string of the molecule is CCOc1ccc2oc3c4ccccc4oc(=O)c3c2c1CN1CCCCC1=O. The molecule has 3 heterocycles. The van der Waals surface area contributed by atoms with Crippen molar-refractivity contribution in [2.75, 3.05) is 13.2 Å². The molecule has 6 nitrogen and oxygen atoms in total. The Morgan fingerprint density at radius 2 is 1.86 bits per heavy atom. The lowest BCUT2D eigenvalue weighted by atomic mass is 10.0. The number of hydrogen-bond acceptors (Lipinski definition) is 5. The predicted octanol–water partition coefficient (Wildman–Crippen LogP) is 4.60. The maximum Gasteiger partial charge on any atom is 0.348 e. The predicted molar refractivity (Wildman–Crippen MR) is 110 cm³/mol. The number of hydrogen-bond donors (Lipinski definition) is 0. The van der Waals surface area contributed by atoms with E-state index in [0.717, 1.165) is 23.8 Å². The molecule has 1 aliphatic rings. The Hall–Kier alpha value is -3.28. The molecule has 29 heavy (non-hydrogen) atoms. The fraction of sp³-hybridized carbons (Fsp3) is 0.304. The van der Waals surface area contributed by atoms with Crippen LogP contribution in [0, 0.1) is 0 Å². The maximum atomic E-state index is 12.9. The highest BCUT2D eigenvalue weighted by molar-refractivity contribution is 6.14. The summed E-state index contributed by atoms with van der Waals surface area (Å²) in [7, 11) is 0. The van der Waals surface area contributed by atoms with Gasteiger partial charge in [-0.05, 0) is 44.0 Å². The Morgan fingerprint density at radius 3 is 2.69 bits per heavy atom. The Labute approximate surface area is 166 Å². The third kappa shape index (κ3) is 2.87. The normalized spacial score (nSPS) is 14.9. The average molecular weight is 391 g/mol. The monoisotopic (exact) mass is 391 g/mol. The lowest BCUT2D eigenvalue weighted by molar-refractivity contribution is -0.133. The van der Waals surface area contributed by atoms with Gasteiger partial charge in [-0.2, -0.15) is 0 Å². The van der Waals surface area contributed by atoms with Gasteiger partial charge in [-0.3, -0.25) is 4.79 Å². The third-order valence-electron chi connectivity index (χ3n) is 5.53. The van der Waals surface area contributed by atoms with Crippen LogP contribution >= 0.6 is 0 Å². The minimum absolute atomic E-state index is 0.126. The van der Waals surface area contributed by atoms with Crippen LogP contribution in [0.2, 0.25) is 0 Å². The first-order valence-corrected chi connectivity index (χ1v) is 9.98. The highest BCUT2D eigenvalue weighted by Crippen LogP contribution is 2.38. The quantitative estimate of drug-likeness (QED) is 0.475. The molecule has 2 aromatic carbocycles. The molecule has 0 N–H and O–H groups in total. The number of carbonyl (C=O) groups excluding carboxylic acids is 1. The van der Waals surface area contributed by atoms with E-state index in [4.69, 9.17) is 13.6 Å². The van der Waals surface area contributed by atoms with Gasteiger partial charge >= 0.3 is 5.63 Å². The largest absolute Gasteiger partial charge is 0.493 e. The number of amides is 1. The number of para-hydroxylation sites is 1.